The van der Waals surface area contributed by atoms with Gasteiger partial charge in [-0.05, 0) is 55.2 Å². The van der Waals surface area contributed by atoms with Gasteiger partial charge in [0.1, 0.15) is 5.57 Å². The predicted molar refractivity (Wildman–Crippen MR) is 114 cm³/mol. The van der Waals surface area contributed by atoms with Crippen molar-refractivity contribution < 1.29 is 23.9 Å². The molecule has 2 fully saturated rings. The summed E-state index contributed by atoms with van der Waals surface area (Å²) in [5.74, 6) is -0.428. The number of hydrogen-bond donors (Lipinski definition) is 1. The molecular weight excluding hydrogens is 398 g/mol. The molecule has 0 unspecified atom stereocenters. The van der Waals surface area contributed by atoms with Crippen LogP contribution in [0.5, 0.6) is 11.5 Å². The fourth-order valence-electron chi connectivity index (χ4n) is 4.02. The molecule has 0 bridgehead atoms. The number of carbonyl (C=O) groups excluding carboxylic acids is 3. The monoisotopic (exact) mass is 419 g/mol. The molecular formula is C23H21N3O5. The summed E-state index contributed by atoms with van der Waals surface area (Å²) in [4.78, 5) is 41.1. The Morgan fingerprint density at radius 1 is 0.839 bits per heavy atom. The lowest BCUT2D eigenvalue weighted by atomic mass is 10.1. The number of hydrogen-bond acceptors (Lipinski definition) is 6. The van der Waals surface area contributed by atoms with E-state index in [9.17, 15) is 14.4 Å². The lowest BCUT2D eigenvalue weighted by Crippen LogP contribution is -2.54. The van der Waals surface area contributed by atoms with Gasteiger partial charge in [0.15, 0.2) is 11.5 Å². The number of anilines is 2. The Morgan fingerprint density at radius 2 is 1.55 bits per heavy atom. The highest BCUT2D eigenvalue weighted by atomic mass is 16.7. The second kappa shape index (κ2) is 7.79. The minimum atomic E-state index is -0.800. The average molecular weight is 419 g/mol. The van der Waals surface area contributed by atoms with E-state index in [2.05, 4.69) is 10.2 Å². The molecule has 0 spiro atoms. The number of ether oxygens (including phenoxy) is 2. The maximum Gasteiger partial charge on any atom is 0.335 e. The first-order valence-corrected chi connectivity index (χ1v) is 10.3. The number of amides is 4. The third-order valence-corrected chi connectivity index (χ3v) is 5.64. The van der Waals surface area contributed by atoms with E-state index in [1.54, 1.807) is 18.2 Å². The number of piperidine rings is 1. The summed E-state index contributed by atoms with van der Waals surface area (Å²) in [6, 6.07) is 11.7. The molecule has 0 aromatic heterocycles. The minimum Gasteiger partial charge on any atom is -0.454 e. The Hall–Kier alpha value is -3.81. The number of benzene rings is 2. The van der Waals surface area contributed by atoms with E-state index in [0.29, 0.717) is 22.7 Å². The summed E-state index contributed by atoms with van der Waals surface area (Å²) >= 11 is 0. The number of imide groups is 2. The van der Waals surface area contributed by atoms with E-state index in [4.69, 9.17) is 9.47 Å². The number of urea groups is 1. The largest absolute Gasteiger partial charge is 0.454 e. The Kier molecular flexibility index (Phi) is 4.82. The van der Waals surface area contributed by atoms with E-state index >= 15 is 0 Å². The lowest BCUT2D eigenvalue weighted by Gasteiger charge is -2.29. The first-order chi connectivity index (χ1) is 15.1. The van der Waals surface area contributed by atoms with Crippen LogP contribution in [0.25, 0.3) is 6.08 Å². The number of nitrogens with zero attached hydrogens (tertiary/aromatic N) is 2. The first kappa shape index (κ1) is 19.2. The number of nitrogens with one attached hydrogen (secondary N) is 1. The average Bonchev–Trinajstić information content (AvgIpc) is 3.26. The zero-order valence-electron chi connectivity index (χ0n) is 16.8. The van der Waals surface area contributed by atoms with Gasteiger partial charge in [-0.15, -0.1) is 0 Å². The summed E-state index contributed by atoms with van der Waals surface area (Å²) in [5.41, 5.74) is 2.02. The smallest absolute Gasteiger partial charge is 0.335 e. The van der Waals surface area contributed by atoms with Crippen molar-refractivity contribution in [2.45, 2.75) is 19.3 Å². The second-order valence-electron chi connectivity index (χ2n) is 7.63. The summed E-state index contributed by atoms with van der Waals surface area (Å²) in [7, 11) is 0. The van der Waals surface area contributed by atoms with Crippen LogP contribution in [0.1, 0.15) is 24.8 Å². The Labute approximate surface area is 179 Å². The standard InChI is InChI=1S/C23H21N3O5/c27-21-18(12-15-4-6-16(7-5-15)25-10-2-1-3-11-25)22(28)26(23(29)24-21)17-8-9-19-20(13-17)31-14-30-19/h4-9,12-13H,1-3,10-11,14H2,(H,24,27,29). The number of rotatable bonds is 3. The number of carbonyl (C=O) groups is 3. The first-order valence-electron chi connectivity index (χ1n) is 10.3. The van der Waals surface area contributed by atoms with E-state index in [1.807, 2.05) is 24.3 Å². The topological polar surface area (TPSA) is 88.2 Å². The third kappa shape index (κ3) is 3.61. The molecule has 3 heterocycles. The van der Waals surface area contributed by atoms with Gasteiger partial charge >= 0.3 is 6.03 Å². The zero-order chi connectivity index (χ0) is 21.4. The van der Waals surface area contributed by atoms with Crippen LogP contribution in [0.4, 0.5) is 16.2 Å². The fourth-order valence-corrected chi connectivity index (χ4v) is 4.02. The predicted octanol–water partition coefficient (Wildman–Crippen LogP) is 3.07. The van der Waals surface area contributed by atoms with Gasteiger partial charge in [0.25, 0.3) is 11.8 Å². The van der Waals surface area contributed by atoms with Crippen molar-refractivity contribution in [1.82, 2.24) is 5.32 Å². The van der Waals surface area contributed by atoms with Crippen LogP contribution in [0.2, 0.25) is 0 Å². The van der Waals surface area contributed by atoms with Crippen molar-refractivity contribution in [3.63, 3.8) is 0 Å². The molecule has 0 aliphatic carbocycles. The van der Waals surface area contributed by atoms with Gasteiger partial charge in [-0.2, -0.15) is 0 Å². The van der Waals surface area contributed by atoms with Crippen molar-refractivity contribution in [3.8, 4) is 11.5 Å². The molecule has 4 amide bonds. The molecule has 1 N–H and O–H groups in total. The third-order valence-electron chi connectivity index (χ3n) is 5.64. The lowest BCUT2D eigenvalue weighted by molar-refractivity contribution is -0.122. The molecule has 5 rings (SSSR count). The van der Waals surface area contributed by atoms with Crippen molar-refractivity contribution >= 4 is 35.3 Å². The molecule has 158 valence electrons. The molecule has 3 aliphatic rings. The molecule has 8 nitrogen and oxygen atoms in total. The van der Waals surface area contributed by atoms with Crippen molar-refractivity contribution in [2.24, 2.45) is 0 Å². The maximum absolute atomic E-state index is 13.1. The molecule has 31 heavy (non-hydrogen) atoms. The van der Waals surface area contributed by atoms with Crippen molar-refractivity contribution in [1.29, 1.82) is 0 Å². The summed E-state index contributed by atoms with van der Waals surface area (Å²) in [6.45, 7) is 2.15. The quantitative estimate of drug-likeness (QED) is 0.608. The van der Waals surface area contributed by atoms with E-state index in [0.717, 1.165) is 23.7 Å². The van der Waals surface area contributed by atoms with Crippen LogP contribution in [0.3, 0.4) is 0 Å². The fraction of sp³-hybridized carbons (Fsp3) is 0.261. The molecule has 2 aromatic carbocycles. The Bertz CT molecular complexity index is 1090. The van der Waals surface area contributed by atoms with Gasteiger partial charge < -0.3 is 14.4 Å². The summed E-state index contributed by atoms with van der Waals surface area (Å²) in [6.07, 6.45) is 5.13. The molecule has 8 heteroatoms. The molecule has 3 aliphatic heterocycles. The van der Waals surface area contributed by atoms with Gasteiger partial charge in [-0.25, -0.2) is 9.69 Å². The van der Waals surface area contributed by atoms with Crippen LogP contribution in [0, 0.1) is 0 Å². The molecule has 0 atom stereocenters. The SMILES string of the molecule is O=C1NC(=O)N(c2ccc3c(c2)OCO3)C(=O)C1=Cc1ccc(N2CCCCC2)cc1. The number of fused-ring (bicyclic) bond motifs is 1. The van der Waals surface area contributed by atoms with Crippen LogP contribution in [-0.2, 0) is 9.59 Å². The molecule has 2 aromatic rings. The Balaban J connectivity index is 1.41. The molecule has 0 saturated carbocycles. The minimum absolute atomic E-state index is 0.0794. The summed E-state index contributed by atoms with van der Waals surface area (Å²) < 4.78 is 10.6. The van der Waals surface area contributed by atoms with E-state index in [-0.39, 0.29) is 12.4 Å². The second-order valence-corrected chi connectivity index (χ2v) is 7.63. The highest BCUT2D eigenvalue weighted by Gasteiger charge is 2.37. The van der Waals surface area contributed by atoms with Gasteiger partial charge in [0.2, 0.25) is 6.79 Å². The van der Waals surface area contributed by atoms with Gasteiger partial charge in [-0.1, -0.05) is 12.1 Å². The van der Waals surface area contributed by atoms with Crippen LogP contribution < -0.4 is 24.6 Å². The van der Waals surface area contributed by atoms with Crippen molar-refractivity contribution in [3.05, 3.63) is 53.6 Å². The molecule has 0 radical (unpaired) electrons. The van der Waals surface area contributed by atoms with Crippen molar-refractivity contribution in [2.75, 3.05) is 29.7 Å². The van der Waals surface area contributed by atoms with Crippen LogP contribution >= 0.6 is 0 Å². The van der Waals surface area contributed by atoms with Gasteiger partial charge in [-0.3, -0.25) is 14.9 Å². The van der Waals surface area contributed by atoms with Crippen LogP contribution in [0.15, 0.2) is 48.0 Å². The Morgan fingerprint density at radius 3 is 2.32 bits per heavy atom. The van der Waals surface area contributed by atoms with Crippen LogP contribution in [-0.4, -0.2) is 37.7 Å². The highest BCUT2D eigenvalue weighted by molar-refractivity contribution is 6.39. The molecule has 2 saturated heterocycles. The van der Waals surface area contributed by atoms with E-state index in [1.165, 1.54) is 25.3 Å². The van der Waals surface area contributed by atoms with Gasteiger partial charge in [0.05, 0.1) is 5.69 Å². The zero-order valence-corrected chi connectivity index (χ0v) is 16.8. The van der Waals surface area contributed by atoms with E-state index < -0.39 is 17.8 Å². The summed E-state index contributed by atoms with van der Waals surface area (Å²) in [5, 5.41) is 2.24. The highest BCUT2D eigenvalue weighted by Crippen LogP contribution is 2.36. The number of barbiturate groups is 1. The normalized spacial score (nSPS) is 19.7. The van der Waals surface area contributed by atoms with Gasteiger partial charge in [0, 0.05) is 24.8 Å². The maximum atomic E-state index is 13.1.